The summed E-state index contributed by atoms with van der Waals surface area (Å²) in [6, 6.07) is 1.89. The van der Waals surface area contributed by atoms with Crippen molar-refractivity contribution in [3.05, 3.63) is 36.3 Å². The number of carbonyl (C=O) groups is 2. The lowest BCUT2D eigenvalue weighted by atomic mass is 9.42. The van der Waals surface area contributed by atoms with Gasteiger partial charge in [-0.25, -0.2) is 0 Å². The standard InChI is InChI=1S/C22H28O6/c1-14-11-17(28-15(2)23)18-20(3)7-4-8-21(18,13-27-19(20)24)22(14,25)9-5-16-6-10-26-12-16/h6,10,12,17-18,25H,1,4-5,7-9,11,13H2,2-3H3. The van der Waals surface area contributed by atoms with Crippen LogP contribution in [0.25, 0.3) is 0 Å². The lowest BCUT2D eigenvalue weighted by Gasteiger charge is -2.65. The summed E-state index contributed by atoms with van der Waals surface area (Å²) in [7, 11) is 0. The highest BCUT2D eigenvalue weighted by atomic mass is 16.6. The molecule has 0 spiro atoms. The summed E-state index contributed by atoms with van der Waals surface area (Å²) in [5, 5.41) is 12.0. The van der Waals surface area contributed by atoms with Crippen molar-refractivity contribution >= 4 is 11.9 Å². The van der Waals surface area contributed by atoms with Crippen molar-refractivity contribution in [1.82, 2.24) is 0 Å². The molecule has 2 aliphatic carbocycles. The van der Waals surface area contributed by atoms with Crippen LogP contribution in [0.1, 0.15) is 51.5 Å². The molecule has 5 unspecified atom stereocenters. The van der Waals surface area contributed by atoms with Crippen molar-refractivity contribution in [2.24, 2.45) is 16.7 Å². The number of aliphatic hydroxyl groups is 1. The van der Waals surface area contributed by atoms with Gasteiger partial charge in [0.2, 0.25) is 0 Å². The zero-order valence-corrected chi connectivity index (χ0v) is 16.5. The zero-order valence-electron chi connectivity index (χ0n) is 16.5. The molecule has 3 fully saturated rings. The third kappa shape index (κ3) is 2.57. The largest absolute Gasteiger partial charge is 0.472 e. The third-order valence-electron chi connectivity index (χ3n) is 7.43. The van der Waals surface area contributed by atoms with Crippen LogP contribution >= 0.6 is 0 Å². The lowest BCUT2D eigenvalue weighted by molar-refractivity contribution is -0.261. The van der Waals surface area contributed by atoms with Gasteiger partial charge in [0.25, 0.3) is 0 Å². The number of hydrogen-bond acceptors (Lipinski definition) is 6. The van der Waals surface area contributed by atoms with E-state index in [1.165, 1.54) is 6.92 Å². The molecule has 5 atom stereocenters. The first-order valence-electron chi connectivity index (χ1n) is 9.99. The highest BCUT2D eigenvalue weighted by Crippen LogP contribution is 2.66. The predicted octanol–water partition coefficient (Wildman–Crippen LogP) is 3.18. The Kier molecular flexibility index (Phi) is 4.45. The lowest BCUT2D eigenvalue weighted by Crippen LogP contribution is -2.72. The molecule has 0 radical (unpaired) electrons. The molecule has 1 saturated heterocycles. The predicted molar refractivity (Wildman–Crippen MR) is 100 cm³/mol. The molecule has 1 aromatic rings. The maximum absolute atomic E-state index is 12.8. The van der Waals surface area contributed by atoms with Crippen LogP contribution in [0, 0.1) is 16.7 Å². The van der Waals surface area contributed by atoms with E-state index < -0.39 is 22.5 Å². The van der Waals surface area contributed by atoms with Gasteiger partial charge >= 0.3 is 11.9 Å². The minimum absolute atomic E-state index is 0.130. The Morgan fingerprint density at radius 2 is 2.21 bits per heavy atom. The van der Waals surface area contributed by atoms with Gasteiger partial charge in [0, 0.05) is 24.7 Å². The van der Waals surface area contributed by atoms with Gasteiger partial charge in [-0.05, 0) is 49.8 Å². The maximum atomic E-state index is 12.8. The van der Waals surface area contributed by atoms with Gasteiger partial charge < -0.3 is 19.0 Å². The van der Waals surface area contributed by atoms with Gasteiger partial charge in [-0.15, -0.1) is 0 Å². The number of furan rings is 1. The Hall–Kier alpha value is -2.08. The zero-order chi connectivity index (χ0) is 20.2. The minimum Gasteiger partial charge on any atom is -0.472 e. The van der Waals surface area contributed by atoms with Gasteiger partial charge in [0.05, 0.1) is 23.5 Å². The summed E-state index contributed by atoms with van der Waals surface area (Å²) in [6.07, 6.45) is 6.46. The molecule has 4 rings (SSSR count). The molecular weight excluding hydrogens is 360 g/mol. The first-order valence-corrected chi connectivity index (χ1v) is 9.99. The normalized spacial score (nSPS) is 39.8. The van der Waals surface area contributed by atoms with Crippen molar-refractivity contribution in [2.45, 2.75) is 64.1 Å². The van der Waals surface area contributed by atoms with Crippen LogP contribution in [-0.2, 0) is 25.5 Å². The van der Waals surface area contributed by atoms with Crippen molar-refractivity contribution in [3.8, 4) is 0 Å². The summed E-state index contributed by atoms with van der Waals surface area (Å²) in [5.41, 5.74) is -1.02. The molecule has 2 bridgehead atoms. The first kappa shape index (κ1) is 19.2. The second-order valence-electron chi connectivity index (χ2n) is 8.93. The molecule has 28 heavy (non-hydrogen) atoms. The van der Waals surface area contributed by atoms with E-state index in [9.17, 15) is 14.7 Å². The van der Waals surface area contributed by atoms with Crippen LogP contribution in [0.4, 0.5) is 0 Å². The molecule has 152 valence electrons. The Morgan fingerprint density at radius 1 is 1.43 bits per heavy atom. The summed E-state index contributed by atoms with van der Waals surface area (Å²) in [5.74, 6) is -0.925. The van der Waals surface area contributed by atoms with E-state index in [0.29, 0.717) is 37.7 Å². The third-order valence-corrected chi connectivity index (χ3v) is 7.43. The van der Waals surface area contributed by atoms with Gasteiger partial charge in [-0.2, -0.15) is 0 Å². The van der Waals surface area contributed by atoms with Gasteiger partial charge in [0.15, 0.2) is 0 Å². The second-order valence-corrected chi connectivity index (χ2v) is 8.93. The molecular formula is C22H28O6. The quantitative estimate of drug-likeness (QED) is 0.630. The molecule has 2 saturated carbocycles. The summed E-state index contributed by atoms with van der Waals surface area (Å²) < 4.78 is 16.5. The molecule has 3 aliphatic rings. The molecule has 1 aromatic heterocycles. The van der Waals surface area contributed by atoms with E-state index in [1.54, 1.807) is 12.5 Å². The van der Waals surface area contributed by atoms with Crippen LogP contribution in [0.15, 0.2) is 35.2 Å². The topological polar surface area (TPSA) is 86.0 Å². The molecule has 2 heterocycles. The van der Waals surface area contributed by atoms with Crippen molar-refractivity contribution in [1.29, 1.82) is 0 Å². The number of aryl methyl sites for hydroxylation is 1. The number of hydrogen-bond donors (Lipinski definition) is 1. The molecule has 0 aromatic carbocycles. The summed E-state index contributed by atoms with van der Waals surface area (Å²) in [4.78, 5) is 24.6. The Labute approximate surface area is 164 Å². The average Bonchev–Trinajstić information content (AvgIpc) is 3.14. The fourth-order valence-corrected chi connectivity index (χ4v) is 6.18. The van der Waals surface area contributed by atoms with Gasteiger partial charge in [0.1, 0.15) is 12.7 Å². The van der Waals surface area contributed by atoms with Gasteiger partial charge in [-0.3, -0.25) is 9.59 Å². The monoisotopic (exact) mass is 388 g/mol. The average molecular weight is 388 g/mol. The Bertz CT molecular complexity index is 798. The summed E-state index contributed by atoms with van der Waals surface area (Å²) in [6.45, 7) is 7.60. The number of ether oxygens (including phenoxy) is 2. The van der Waals surface area contributed by atoms with Crippen molar-refractivity contribution < 1.29 is 28.6 Å². The first-order chi connectivity index (χ1) is 13.2. The molecule has 6 nitrogen and oxygen atoms in total. The van der Waals surface area contributed by atoms with E-state index >= 15 is 0 Å². The van der Waals surface area contributed by atoms with E-state index in [2.05, 4.69) is 6.58 Å². The Balaban J connectivity index is 1.77. The van der Waals surface area contributed by atoms with Crippen molar-refractivity contribution in [3.63, 3.8) is 0 Å². The molecule has 0 amide bonds. The van der Waals surface area contributed by atoms with E-state index in [1.807, 2.05) is 13.0 Å². The number of esters is 2. The fraction of sp³-hybridized carbons (Fsp3) is 0.636. The minimum atomic E-state index is -1.20. The van der Waals surface area contributed by atoms with E-state index in [-0.39, 0.29) is 24.5 Å². The number of cyclic esters (lactones) is 1. The molecule has 6 heteroatoms. The SMILES string of the molecule is C=C1CC(OC(C)=O)C2C3(C)CCCC2(COC3=O)C1(O)CCc1ccoc1. The Morgan fingerprint density at radius 3 is 2.89 bits per heavy atom. The van der Waals surface area contributed by atoms with E-state index in [0.717, 1.165) is 12.0 Å². The molecule has 1 N–H and O–H groups in total. The van der Waals surface area contributed by atoms with Crippen molar-refractivity contribution in [2.75, 3.05) is 6.61 Å². The number of carbonyl (C=O) groups excluding carboxylic acids is 2. The van der Waals surface area contributed by atoms with Crippen LogP contribution < -0.4 is 0 Å². The van der Waals surface area contributed by atoms with E-state index in [4.69, 9.17) is 13.9 Å². The fourth-order valence-electron chi connectivity index (χ4n) is 6.18. The second kappa shape index (κ2) is 6.48. The number of rotatable bonds is 4. The van der Waals surface area contributed by atoms with Gasteiger partial charge in [-0.1, -0.05) is 13.0 Å². The van der Waals surface area contributed by atoms with Crippen LogP contribution in [-0.4, -0.2) is 35.4 Å². The highest BCUT2D eigenvalue weighted by Gasteiger charge is 2.72. The molecule has 1 aliphatic heterocycles. The van der Waals surface area contributed by atoms with Crippen LogP contribution in [0.5, 0.6) is 0 Å². The van der Waals surface area contributed by atoms with Crippen LogP contribution in [0.3, 0.4) is 0 Å². The highest BCUT2D eigenvalue weighted by molar-refractivity contribution is 5.79. The maximum Gasteiger partial charge on any atom is 0.312 e. The van der Waals surface area contributed by atoms with Crippen LogP contribution in [0.2, 0.25) is 0 Å². The summed E-state index contributed by atoms with van der Waals surface area (Å²) >= 11 is 0. The smallest absolute Gasteiger partial charge is 0.312 e.